The highest BCUT2D eigenvalue weighted by molar-refractivity contribution is 5.36. The van der Waals surface area contributed by atoms with Gasteiger partial charge in [-0.3, -0.25) is 0 Å². The van der Waals surface area contributed by atoms with Crippen molar-refractivity contribution in [3.63, 3.8) is 0 Å². The molecular formula is C14H23NO. The van der Waals surface area contributed by atoms with Gasteiger partial charge in [-0.1, -0.05) is 19.9 Å². The van der Waals surface area contributed by atoms with Gasteiger partial charge in [-0.25, -0.2) is 0 Å². The molecular weight excluding hydrogens is 198 g/mol. The molecule has 0 bridgehead atoms. The Kier molecular flexibility index (Phi) is 3.98. The molecule has 2 nitrogen and oxygen atoms in total. The second kappa shape index (κ2) is 4.88. The number of benzene rings is 1. The molecule has 0 aliphatic heterocycles. The van der Waals surface area contributed by atoms with Crippen LogP contribution in [0.3, 0.4) is 0 Å². The van der Waals surface area contributed by atoms with Crippen LogP contribution >= 0.6 is 0 Å². The van der Waals surface area contributed by atoms with Crippen molar-refractivity contribution in [2.75, 3.05) is 6.61 Å². The van der Waals surface area contributed by atoms with Gasteiger partial charge in [0, 0.05) is 5.54 Å². The summed E-state index contributed by atoms with van der Waals surface area (Å²) in [4.78, 5) is 0. The van der Waals surface area contributed by atoms with Crippen LogP contribution in [0.2, 0.25) is 0 Å². The molecule has 0 atom stereocenters. The highest BCUT2D eigenvalue weighted by Gasteiger charge is 2.12. The van der Waals surface area contributed by atoms with E-state index in [0.29, 0.717) is 12.5 Å². The molecule has 0 heterocycles. The first-order valence-corrected chi connectivity index (χ1v) is 5.82. The lowest BCUT2D eigenvalue weighted by Gasteiger charge is -2.20. The summed E-state index contributed by atoms with van der Waals surface area (Å²) in [5.74, 6) is 1.43. The van der Waals surface area contributed by atoms with E-state index in [0.717, 1.165) is 5.75 Å². The zero-order valence-corrected chi connectivity index (χ0v) is 11.0. The second-order valence-corrected chi connectivity index (χ2v) is 5.45. The molecule has 0 aromatic heterocycles. The molecule has 0 fully saturated rings. The lowest BCUT2D eigenvalue weighted by atomic mass is 9.98. The van der Waals surface area contributed by atoms with E-state index in [4.69, 9.17) is 10.5 Å². The standard InChI is InChI=1S/C14H23NO/c1-10(2)13-8-12(7-6-11(13)3)16-9-14(4,5)15/h6-8,10H,9,15H2,1-5H3. The van der Waals surface area contributed by atoms with Gasteiger partial charge in [-0.15, -0.1) is 0 Å². The van der Waals surface area contributed by atoms with Crippen molar-refractivity contribution in [1.82, 2.24) is 0 Å². The summed E-state index contributed by atoms with van der Waals surface area (Å²) in [5.41, 5.74) is 8.25. The minimum absolute atomic E-state index is 0.289. The molecule has 0 saturated carbocycles. The predicted octanol–water partition coefficient (Wildman–Crippen LogP) is 3.23. The summed E-state index contributed by atoms with van der Waals surface area (Å²) in [7, 11) is 0. The van der Waals surface area contributed by atoms with Gasteiger partial charge in [0.2, 0.25) is 0 Å². The summed E-state index contributed by atoms with van der Waals surface area (Å²) in [6.07, 6.45) is 0. The number of hydrogen-bond donors (Lipinski definition) is 1. The topological polar surface area (TPSA) is 35.2 Å². The van der Waals surface area contributed by atoms with E-state index in [1.165, 1.54) is 11.1 Å². The van der Waals surface area contributed by atoms with Crippen LogP contribution in [0.15, 0.2) is 18.2 Å². The fourth-order valence-electron chi connectivity index (χ4n) is 1.60. The highest BCUT2D eigenvalue weighted by Crippen LogP contribution is 2.24. The Morgan fingerprint density at radius 1 is 1.31 bits per heavy atom. The smallest absolute Gasteiger partial charge is 0.119 e. The van der Waals surface area contributed by atoms with Crippen molar-refractivity contribution in [2.45, 2.75) is 46.1 Å². The molecule has 0 amide bonds. The maximum Gasteiger partial charge on any atom is 0.119 e. The van der Waals surface area contributed by atoms with Gasteiger partial charge in [0.1, 0.15) is 12.4 Å². The van der Waals surface area contributed by atoms with Gasteiger partial charge in [0.25, 0.3) is 0 Å². The number of ether oxygens (including phenoxy) is 1. The zero-order chi connectivity index (χ0) is 12.3. The van der Waals surface area contributed by atoms with Crippen molar-refractivity contribution in [3.8, 4) is 5.75 Å². The third-order valence-electron chi connectivity index (χ3n) is 2.48. The number of aryl methyl sites for hydroxylation is 1. The first-order chi connectivity index (χ1) is 7.29. The predicted molar refractivity (Wildman–Crippen MR) is 69.0 cm³/mol. The van der Waals surface area contributed by atoms with Crippen molar-refractivity contribution < 1.29 is 4.74 Å². The molecule has 0 aliphatic rings. The van der Waals surface area contributed by atoms with E-state index in [2.05, 4.69) is 32.9 Å². The molecule has 1 rings (SSSR count). The van der Waals surface area contributed by atoms with Crippen molar-refractivity contribution in [2.24, 2.45) is 5.73 Å². The zero-order valence-electron chi connectivity index (χ0n) is 11.0. The lowest BCUT2D eigenvalue weighted by molar-refractivity contribution is 0.243. The molecule has 0 aliphatic carbocycles. The highest BCUT2D eigenvalue weighted by atomic mass is 16.5. The summed E-state index contributed by atoms with van der Waals surface area (Å²) in [6.45, 7) is 11.0. The largest absolute Gasteiger partial charge is 0.492 e. The quantitative estimate of drug-likeness (QED) is 0.847. The van der Waals surface area contributed by atoms with Crippen LogP contribution in [0.1, 0.15) is 44.7 Å². The van der Waals surface area contributed by atoms with Gasteiger partial charge < -0.3 is 10.5 Å². The Morgan fingerprint density at radius 2 is 1.94 bits per heavy atom. The SMILES string of the molecule is Cc1ccc(OCC(C)(C)N)cc1C(C)C. The average molecular weight is 221 g/mol. The fourth-order valence-corrected chi connectivity index (χ4v) is 1.60. The van der Waals surface area contributed by atoms with E-state index >= 15 is 0 Å². The Labute approximate surface area is 98.8 Å². The van der Waals surface area contributed by atoms with Crippen LogP contribution in [0.4, 0.5) is 0 Å². The van der Waals surface area contributed by atoms with Gasteiger partial charge in [-0.2, -0.15) is 0 Å². The van der Waals surface area contributed by atoms with Crippen molar-refractivity contribution in [3.05, 3.63) is 29.3 Å². The molecule has 90 valence electrons. The second-order valence-electron chi connectivity index (χ2n) is 5.45. The lowest BCUT2D eigenvalue weighted by Crippen LogP contribution is -2.38. The van der Waals surface area contributed by atoms with Crippen LogP contribution < -0.4 is 10.5 Å². The van der Waals surface area contributed by atoms with E-state index in [1.54, 1.807) is 0 Å². The molecule has 2 N–H and O–H groups in total. The van der Waals surface area contributed by atoms with Crippen LogP contribution in [-0.2, 0) is 0 Å². The Morgan fingerprint density at radius 3 is 2.44 bits per heavy atom. The first-order valence-electron chi connectivity index (χ1n) is 5.82. The number of rotatable bonds is 4. The molecule has 1 aromatic carbocycles. The third-order valence-corrected chi connectivity index (χ3v) is 2.48. The summed E-state index contributed by atoms with van der Waals surface area (Å²) in [6, 6.07) is 6.23. The monoisotopic (exact) mass is 221 g/mol. The normalized spacial score (nSPS) is 11.9. The molecule has 0 unspecified atom stereocenters. The molecule has 2 heteroatoms. The molecule has 0 radical (unpaired) electrons. The van der Waals surface area contributed by atoms with Crippen LogP contribution in [0.25, 0.3) is 0 Å². The maximum absolute atomic E-state index is 5.89. The Hall–Kier alpha value is -1.02. The van der Waals surface area contributed by atoms with Crippen molar-refractivity contribution in [1.29, 1.82) is 0 Å². The van der Waals surface area contributed by atoms with Crippen molar-refractivity contribution >= 4 is 0 Å². The van der Waals surface area contributed by atoms with Gasteiger partial charge in [-0.05, 0) is 49.9 Å². The fraction of sp³-hybridized carbons (Fsp3) is 0.571. The van der Waals surface area contributed by atoms with Crippen LogP contribution in [0.5, 0.6) is 5.75 Å². The minimum atomic E-state index is -0.289. The molecule has 0 saturated heterocycles. The minimum Gasteiger partial charge on any atom is -0.492 e. The summed E-state index contributed by atoms with van der Waals surface area (Å²) in [5, 5.41) is 0. The number of hydrogen-bond acceptors (Lipinski definition) is 2. The van der Waals surface area contributed by atoms with Crippen LogP contribution in [-0.4, -0.2) is 12.1 Å². The van der Waals surface area contributed by atoms with Gasteiger partial charge in [0.05, 0.1) is 0 Å². The van der Waals surface area contributed by atoms with Gasteiger partial charge >= 0.3 is 0 Å². The Bertz CT molecular complexity index is 350. The Balaban J connectivity index is 2.79. The summed E-state index contributed by atoms with van der Waals surface area (Å²) < 4.78 is 5.69. The number of nitrogens with two attached hydrogens (primary N) is 1. The van der Waals surface area contributed by atoms with Crippen LogP contribution in [0, 0.1) is 6.92 Å². The van der Waals surface area contributed by atoms with E-state index < -0.39 is 0 Å². The maximum atomic E-state index is 5.89. The average Bonchev–Trinajstić information content (AvgIpc) is 2.14. The summed E-state index contributed by atoms with van der Waals surface area (Å²) >= 11 is 0. The first kappa shape index (κ1) is 13.0. The van der Waals surface area contributed by atoms with E-state index in [1.807, 2.05) is 19.9 Å². The third kappa shape index (κ3) is 3.86. The van der Waals surface area contributed by atoms with E-state index in [-0.39, 0.29) is 5.54 Å². The van der Waals surface area contributed by atoms with E-state index in [9.17, 15) is 0 Å². The molecule has 0 spiro atoms. The molecule has 1 aromatic rings. The van der Waals surface area contributed by atoms with Gasteiger partial charge in [0.15, 0.2) is 0 Å². The molecule has 16 heavy (non-hydrogen) atoms.